The average Bonchev–Trinajstić information content (AvgIpc) is 2.87. The zero-order chi connectivity index (χ0) is 14.4. The lowest BCUT2D eigenvalue weighted by Gasteiger charge is -2.46. The summed E-state index contributed by atoms with van der Waals surface area (Å²) >= 11 is 0. The number of H-pyrrole nitrogens is 2. The van der Waals surface area contributed by atoms with Crippen molar-refractivity contribution in [1.82, 2.24) is 20.2 Å². The minimum atomic E-state index is -0.139. The van der Waals surface area contributed by atoms with E-state index in [0.717, 1.165) is 17.0 Å². The van der Waals surface area contributed by atoms with Crippen LogP contribution in [0.5, 0.6) is 0 Å². The Kier molecular flexibility index (Phi) is 3.12. The molecule has 3 saturated heterocycles. The number of imidazole rings is 1. The van der Waals surface area contributed by atoms with Crippen molar-refractivity contribution in [2.75, 3.05) is 19.6 Å². The highest BCUT2D eigenvalue weighted by molar-refractivity contribution is 5.75. The maximum Gasteiger partial charge on any atom is 0.323 e. The van der Waals surface area contributed by atoms with E-state index in [1.807, 2.05) is 6.07 Å². The normalized spacial score (nSPS) is 29.9. The number of nitrogens with zero attached hydrogens (tertiary/aromatic N) is 1. The van der Waals surface area contributed by atoms with Gasteiger partial charge in [0, 0.05) is 18.6 Å². The van der Waals surface area contributed by atoms with E-state index in [1.165, 1.54) is 38.0 Å². The first-order valence-electron chi connectivity index (χ1n) is 7.89. The standard InChI is InChI=1S/C16H22N4O/c1-10(17-15-9-20-6-4-11(15)5-7-20)12-2-3-13-14(8-12)19-16(21)18-13/h2-3,8,10-11,15,17H,4-7,9H2,1H3,(H2,18,19,21). The van der Waals surface area contributed by atoms with E-state index < -0.39 is 0 Å². The summed E-state index contributed by atoms with van der Waals surface area (Å²) in [5, 5.41) is 3.79. The van der Waals surface area contributed by atoms with Crippen molar-refractivity contribution < 1.29 is 0 Å². The zero-order valence-corrected chi connectivity index (χ0v) is 12.4. The lowest BCUT2D eigenvalue weighted by atomic mass is 9.83. The summed E-state index contributed by atoms with van der Waals surface area (Å²) in [6, 6.07) is 7.07. The second kappa shape index (κ2) is 5.00. The van der Waals surface area contributed by atoms with Crippen LogP contribution in [0.15, 0.2) is 23.0 Å². The number of aromatic nitrogens is 2. The third kappa shape index (κ3) is 2.40. The van der Waals surface area contributed by atoms with Crippen molar-refractivity contribution in [3.63, 3.8) is 0 Å². The molecule has 2 aromatic rings. The SMILES string of the molecule is CC(NC1CN2CCC1CC2)c1ccc2[nH]c(=O)[nH]c2c1. The lowest BCUT2D eigenvalue weighted by Crippen LogP contribution is -2.56. The summed E-state index contributed by atoms with van der Waals surface area (Å²) in [4.78, 5) is 19.5. The van der Waals surface area contributed by atoms with Crippen LogP contribution in [0.1, 0.15) is 31.4 Å². The van der Waals surface area contributed by atoms with Crippen LogP contribution in [0.3, 0.4) is 0 Å². The molecule has 3 aliphatic heterocycles. The highest BCUT2D eigenvalue weighted by Gasteiger charge is 2.34. The number of piperidine rings is 3. The first kappa shape index (κ1) is 13.1. The number of hydrogen-bond donors (Lipinski definition) is 3. The maximum absolute atomic E-state index is 11.3. The van der Waals surface area contributed by atoms with E-state index in [0.29, 0.717) is 12.1 Å². The van der Waals surface area contributed by atoms with Gasteiger partial charge in [-0.15, -0.1) is 0 Å². The second-order valence-corrected chi connectivity index (χ2v) is 6.52. The monoisotopic (exact) mass is 286 g/mol. The molecule has 0 aliphatic carbocycles. The fourth-order valence-corrected chi connectivity index (χ4v) is 3.89. The third-order valence-corrected chi connectivity index (χ3v) is 5.16. The maximum atomic E-state index is 11.3. The molecule has 2 bridgehead atoms. The smallest absolute Gasteiger partial charge is 0.306 e. The van der Waals surface area contributed by atoms with Crippen molar-refractivity contribution in [1.29, 1.82) is 0 Å². The van der Waals surface area contributed by atoms with Crippen LogP contribution in [-0.4, -0.2) is 40.5 Å². The Balaban J connectivity index is 1.53. The van der Waals surface area contributed by atoms with Gasteiger partial charge in [-0.25, -0.2) is 4.79 Å². The van der Waals surface area contributed by atoms with Gasteiger partial charge in [0.15, 0.2) is 0 Å². The molecule has 0 saturated carbocycles. The molecule has 0 amide bonds. The van der Waals surface area contributed by atoms with E-state index in [-0.39, 0.29) is 5.69 Å². The van der Waals surface area contributed by atoms with Crippen molar-refractivity contribution in [2.45, 2.75) is 31.8 Å². The van der Waals surface area contributed by atoms with Crippen molar-refractivity contribution in [3.8, 4) is 0 Å². The Hall–Kier alpha value is -1.59. The van der Waals surface area contributed by atoms with Gasteiger partial charge in [-0.1, -0.05) is 6.07 Å². The molecule has 5 heteroatoms. The van der Waals surface area contributed by atoms with Gasteiger partial charge >= 0.3 is 5.69 Å². The van der Waals surface area contributed by atoms with Crippen LogP contribution in [0.4, 0.5) is 0 Å². The molecule has 0 radical (unpaired) electrons. The highest BCUT2D eigenvalue weighted by Crippen LogP contribution is 2.29. The minimum absolute atomic E-state index is 0.139. The number of hydrogen-bond acceptors (Lipinski definition) is 3. The van der Waals surface area contributed by atoms with E-state index >= 15 is 0 Å². The van der Waals surface area contributed by atoms with Crippen molar-refractivity contribution in [2.24, 2.45) is 5.92 Å². The first-order chi connectivity index (χ1) is 10.2. The molecule has 1 aromatic heterocycles. The Labute approximate surface area is 123 Å². The molecule has 5 nitrogen and oxygen atoms in total. The van der Waals surface area contributed by atoms with E-state index in [2.05, 4.69) is 39.2 Å². The minimum Gasteiger partial charge on any atom is -0.306 e. The van der Waals surface area contributed by atoms with Crippen molar-refractivity contribution >= 4 is 11.0 Å². The van der Waals surface area contributed by atoms with Gasteiger partial charge in [0.05, 0.1) is 11.0 Å². The summed E-state index contributed by atoms with van der Waals surface area (Å²) in [5.74, 6) is 0.827. The molecular formula is C16H22N4O. The Morgan fingerprint density at radius 2 is 2.00 bits per heavy atom. The Morgan fingerprint density at radius 3 is 2.71 bits per heavy atom. The molecule has 3 N–H and O–H groups in total. The number of aromatic amines is 2. The Morgan fingerprint density at radius 1 is 1.24 bits per heavy atom. The molecule has 21 heavy (non-hydrogen) atoms. The topological polar surface area (TPSA) is 63.9 Å². The quantitative estimate of drug-likeness (QED) is 0.803. The molecule has 3 fully saturated rings. The third-order valence-electron chi connectivity index (χ3n) is 5.16. The summed E-state index contributed by atoms with van der Waals surface area (Å²) in [6.45, 7) is 5.93. The number of benzene rings is 1. The van der Waals surface area contributed by atoms with Crippen LogP contribution in [0.2, 0.25) is 0 Å². The van der Waals surface area contributed by atoms with Crippen LogP contribution >= 0.6 is 0 Å². The van der Waals surface area contributed by atoms with E-state index in [4.69, 9.17) is 0 Å². The fourth-order valence-electron chi connectivity index (χ4n) is 3.89. The van der Waals surface area contributed by atoms with Gasteiger partial charge in [-0.2, -0.15) is 0 Å². The van der Waals surface area contributed by atoms with Crippen LogP contribution in [-0.2, 0) is 0 Å². The molecule has 1 aromatic carbocycles. The Bertz CT molecular complexity index is 696. The summed E-state index contributed by atoms with van der Waals surface area (Å²) < 4.78 is 0. The predicted octanol–water partition coefficient (Wildman–Crippen LogP) is 1.60. The molecule has 3 aliphatic rings. The lowest BCUT2D eigenvalue weighted by molar-refractivity contribution is 0.0680. The molecule has 2 unspecified atom stereocenters. The molecule has 0 spiro atoms. The van der Waals surface area contributed by atoms with E-state index in [9.17, 15) is 4.79 Å². The predicted molar refractivity (Wildman–Crippen MR) is 83.4 cm³/mol. The number of nitrogens with one attached hydrogen (secondary N) is 3. The van der Waals surface area contributed by atoms with Gasteiger partial charge in [0.25, 0.3) is 0 Å². The van der Waals surface area contributed by atoms with Crippen LogP contribution in [0, 0.1) is 5.92 Å². The highest BCUT2D eigenvalue weighted by atomic mass is 16.1. The second-order valence-electron chi connectivity index (χ2n) is 6.52. The summed E-state index contributed by atoms with van der Waals surface area (Å²) in [7, 11) is 0. The number of rotatable bonds is 3. The van der Waals surface area contributed by atoms with Gasteiger partial charge < -0.3 is 20.2 Å². The summed E-state index contributed by atoms with van der Waals surface area (Å²) in [6.07, 6.45) is 2.66. The van der Waals surface area contributed by atoms with Gasteiger partial charge in [-0.05, 0) is 56.5 Å². The zero-order valence-electron chi connectivity index (χ0n) is 12.4. The van der Waals surface area contributed by atoms with Gasteiger partial charge in [-0.3, -0.25) is 0 Å². The molecule has 4 heterocycles. The summed E-state index contributed by atoms with van der Waals surface area (Å²) in [5.41, 5.74) is 2.85. The molecule has 112 valence electrons. The fraction of sp³-hybridized carbons (Fsp3) is 0.562. The largest absolute Gasteiger partial charge is 0.323 e. The van der Waals surface area contributed by atoms with Crippen molar-refractivity contribution in [3.05, 3.63) is 34.2 Å². The molecular weight excluding hydrogens is 264 g/mol. The average molecular weight is 286 g/mol. The van der Waals surface area contributed by atoms with Gasteiger partial charge in [0.2, 0.25) is 0 Å². The van der Waals surface area contributed by atoms with Gasteiger partial charge in [0.1, 0.15) is 0 Å². The molecule has 2 atom stereocenters. The van der Waals surface area contributed by atoms with E-state index in [1.54, 1.807) is 0 Å². The molecule has 5 rings (SSSR count). The first-order valence-corrected chi connectivity index (χ1v) is 7.89. The van der Waals surface area contributed by atoms with Crippen LogP contribution < -0.4 is 11.0 Å². The van der Waals surface area contributed by atoms with Crippen LogP contribution in [0.25, 0.3) is 11.0 Å². The number of fused-ring (bicyclic) bond motifs is 4.